The number of hydrogen-bond donors (Lipinski definition) is 0. The molecule has 5 nitrogen and oxygen atoms in total. The number of carbonyl (C=O) groups is 2. The van der Waals surface area contributed by atoms with Crippen LogP contribution in [0.15, 0.2) is 24.3 Å². The number of carbonyl (C=O) groups excluding carboxylic acids is 2. The van der Waals surface area contributed by atoms with E-state index in [2.05, 4.69) is 4.90 Å². The molecule has 1 heterocycles. The van der Waals surface area contributed by atoms with Crippen molar-refractivity contribution in [3.63, 3.8) is 0 Å². The van der Waals surface area contributed by atoms with E-state index in [1.165, 1.54) is 0 Å². The molecule has 4 atom stereocenters. The van der Waals surface area contributed by atoms with Crippen LogP contribution < -0.4 is 0 Å². The Bertz CT molecular complexity index is 824. The second-order valence-electron chi connectivity index (χ2n) is 9.44. The lowest BCUT2D eigenvalue weighted by Gasteiger charge is -2.48. The van der Waals surface area contributed by atoms with Crippen LogP contribution in [0.3, 0.4) is 0 Å². The predicted octanol–water partition coefficient (Wildman–Crippen LogP) is 4.14. The summed E-state index contributed by atoms with van der Waals surface area (Å²) in [6.45, 7) is 2.53. The van der Waals surface area contributed by atoms with E-state index in [0.29, 0.717) is 23.9 Å². The second-order valence-corrected chi connectivity index (χ2v) is 11.7. The fourth-order valence-electron chi connectivity index (χ4n) is 4.73. The van der Waals surface area contributed by atoms with Crippen molar-refractivity contribution < 1.29 is 13.8 Å². The lowest BCUT2D eigenvalue weighted by atomic mass is 9.74. The molecular formula is C23H31ClN2O3S. The van der Waals surface area contributed by atoms with Crippen molar-refractivity contribution >= 4 is 34.8 Å². The maximum absolute atomic E-state index is 13.8. The molecule has 7 heteroatoms. The van der Waals surface area contributed by atoms with Crippen LogP contribution in [0.1, 0.15) is 63.5 Å². The van der Waals surface area contributed by atoms with E-state index in [-0.39, 0.29) is 29.7 Å². The third-order valence-electron chi connectivity index (χ3n) is 6.93. The van der Waals surface area contributed by atoms with Gasteiger partial charge in [-0.25, -0.2) is 8.51 Å². The van der Waals surface area contributed by atoms with Crippen molar-refractivity contribution in [2.45, 2.75) is 69.2 Å². The van der Waals surface area contributed by atoms with Crippen molar-refractivity contribution in [1.29, 1.82) is 0 Å². The van der Waals surface area contributed by atoms with Crippen LogP contribution in [0.2, 0.25) is 5.02 Å². The number of hydrogen-bond acceptors (Lipinski definition) is 3. The SMILES string of the molecule is CN(CC(C1CC1)N1C(=O)[C@@](C)(CC=O)CC[C@H]1c1ccc(Cl)cc1)S(=O)C1CC1. The molecule has 30 heavy (non-hydrogen) atoms. The lowest BCUT2D eigenvalue weighted by Crippen LogP contribution is -2.56. The molecule has 2 unspecified atom stereocenters. The van der Waals surface area contributed by atoms with Crippen molar-refractivity contribution in [3.8, 4) is 0 Å². The molecule has 1 aliphatic heterocycles. The molecule has 1 aromatic rings. The van der Waals surface area contributed by atoms with E-state index in [1.54, 1.807) is 0 Å². The van der Waals surface area contributed by atoms with Crippen molar-refractivity contribution in [2.24, 2.45) is 11.3 Å². The van der Waals surface area contributed by atoms with Crippen molar-refractivity contribution in [3.05, 3.63) is 34.9 Å². The average molecular weight is 451 g/mol. The zero-order chi connectivity index (χ0) is 21.5. The number of rotatable bonds is 9. The van der Waals surface area contributed by atoms with Gasteiger partial charge in [0.15, 0.2) is 0 Å². The van der Waals surface area contributed by atoms with Crippen LogP contribution in [0.4, 0.5) is 0 Å². The molecule has 1 aromatic carbocycles. The van der Waals surface area contributed by atoms with Gasteiger partial charge in [-0.2, -0.15) is 0 Å². The molecule has 2 saturated carbocycles. The maximum atomic E-state index is 13.8. The summed E-state index contributed by atoms with van der Waals surface area (Å²) in [4.78, 5) is 27.2. The number of amides is 1. The molecule has 0 N–H and O–H groups in total. The van der Waals surface area contributed by atoms with Crippen LogP contribution in [0, 0.1) is 11.3 Å². The minimum Gasteiger partial charge on any atom is -0.331 e. The van der Waals surface area contributed by atoms with E-state index >= 15 is 0 Å². The van der Waals surface area contributed by atoms with Gasteiger partial charge in [0.05, 0.1) is 22.4 Å². The normalized spacial score (nSPS) is 29.1. The number of halogens is 1. The maximum Gasteiger partial charge on any atom is 0.229 e. The molecule has 0 spiro atoms. The monoisotopic (exact) mass is 450 g/mol. The summed E-state index contributed by atoms with van der Waals surface area (Å²) in [5.41, 5.74) is 0.420. The van der Waals surface area contributed by atoms with Gasteiger partial charge in [0.2, 0.25) is 5.91 Å². The van der Waals surface area contributed by atoms with E-state index in [4.69, 9.17) is 11.6 Å². The summed E-state index contributed by atoms with van der Waals surface area (Å²) in [5, 5.41) is 0.954. The highest BCUT2D eigenvalue weighted by molar-refractivity contribution is 7.83. The molecule has 3 fully saturated rings. The van der Waals surface area contributed by atoms with E-state index in [1.807, 2.05) is 42.5 Å². The topological polar surface area (TPSA) is 57.7 Å². The summed E-state index contributed by atoms with van der Waals surface area (Å²) in [6.07, 6.45) is 6.87. The Morgan fingerprint density at radius 1 is 1.23 bits per heavy atom. The lowest BCUT2D eigenvalue weighted by molar-refractivity contribution is -0.155. The molecule has 1 amide bonds. The Kier molecular flexibility index (Phi) is 6.38. The van der Waals surface area contributed by atoms with Gasteiger partial charge in [0.1, 0.15) is 6.29 Å². The summed E-state index contributed by atoms with van der Waals surface area (Å²) in [5.74, 6) is 0.490. The molecule has 0 aromatic heterocycles. The molecule has 3 aliphatic rings. The zero-order valence-electron chi connectivity index (χ0n) is 17.8. The molecule has 164 valence electrons. The largest absolute Gasteiger partial charge is 0.331 e. The smallest absolute Gasteiger partial charge is 0.229 e. The highest BCUT2D eigenvalue weighted by atomic mass is 35.5. The number of likely N-dealkylation sites (tertiary alicyclic amines) is 1. The van der Waals surface area contributed by atoms with Crippen molar-refractivity contribution in [2.75, 3.05) is 13.6 Å². The van der Waals surface area contributed by atoms with Gasteiger partial charge in [-0.05, 0) is 69.2 Å². The number of benzene rings is 1. The van der Waals surface area contributed by atoms with Crippen molar-refractivity contribution in [1.82, 2.24) is 9.21 Å². The standard InChI is InChI=1S/C23H31ClN2O3S/c1-23(13-14-27)12-11-20(16-5-7-18(24)8-6-16)26(22(23)28)21(17-3-4-17)15-25(2)30(29)19-9-10-19/h5-8,14,17,19-21H,3-4,9-13,15H2,1-2H3/t20-,21?,23+,30?/m0/s1. The van der Waals surface area contributed by atoms with E-state index < -0.39 is 16.4 Å². The van der Waals surface area contributed by atoms with Gasteiger partial charge in [-0.1, -0.05) is 30.7 Å². The van der Waals surface area contributed by atoms with Gasteiger partial charge >= 0.3 is 0 Å². The highest BCUT2D eigenvalue weighted by Gasteiger charge is 2.50. The number of nitrogens with zero attached hydrogens (tertiary/aromatic N) is 2. The van der Waals surface area contributed by atoms with Gasteiger partial charge < -0.3 is 9.69 Å². The van der Waals surface area contributed by atoms with E-state index in [9.17, 15) is 13.8 Å². The van der Waals surface area contributed by atoms with Gasteiger partial charge in [-0.15, -0.1) is 0 Å². The first-order valence-corrected chi connectivity index (χ1v) is 12.5. The summed E-state index contributed by atoms with van der Waals surface area (Å²) in [6, 6.07) is 7.73. The first-order valence-electron chi connectivity index (χ1n) is 11.0. The van der Waals surface area contributed by atoms with Crippen LogP contribution in [0.5, 0.6) is 0 Å². The quantitative estimate of drug-likeness (QED) is 0.531. The Morgan fingerprint density at radius 3 is 2.47 bits per heavy atom. The summed E-state index contributed by atoms with van der Waals surface area (Å²) < 4.78 is 14.7. The molecule has 4 rings (SSSR count). The molecular weight excluding hydrogens is 420 g/mol. The Hall–Kier alpha value is -1.24. The minimum absolute atomic E-state index is 0.0113. The highest BCUT2D eigenvalue weighted by Crippen LogP contribution is 2.47. The number of likely N-dealkylation sites (N-methyl/N-ethyl adjacent to an activating group) is 1. The van der Waals surface area contributed by atoms with Crippen LogP contribution >= 0.6 is 11.6 Å². The third-order valence-corrected chi connectivity index (χ3v) is 8.99. The fraction of sp³-hybridized carbons (Fsp3) is 0.652. The summed E-state index contributed by atoms with van der Waals surface area (Å²) >= 11 is 6.10. The van der Waals surface area contributed by atoms with Crippen LogP contribution in [0.25, 0.3) is 0 Å². The third kappa shape index (κ3) is 4.51. The minimum atomic E-state index is -0.990. The summed E-state index contributed by atoms with van der Waals surface area (Å²) in [7, 11) is 0.927. The first kappa shape index (κ1) is 22.0. The predicted molar refractivity (Wildman–Crippen MR) is 119 cm³/mol. The van der Waals surface area contributed by atoms with Gasteiger partial charge in [-0.3, -0.25) is 4.79 Å². The van der Waals surface area contributed by atoms with Crippen LogP contribution in [-0.2, 0) is 20.6 Å². The van der Waals surface area contributed by atoms with Crippen LogP contribution in [-0.4, -0.2) is 50.5 Å². The zero-order valence-corrected chi connectivity index (χ0v) is 19.3. The number of aldehydes is 1. The Morgan fingerprint density at radius 2 is 1.90 bits per heavy atom. The fourth-order valence-corrected chi connectivity index (χ4v) is 6.20. The Labute approximate surface area is 186 Å². The Balaban J connectivity index is 1.66. The average Bonchev–Trinajstić information content (AvgIpc) is 3.62. The van der Waals surface area contributed by atoms with Gasteiger partial charge in [0.25, 0.3) is 0 Å². The molecule has 1 saturated heterocycles. The molecule has 2 aliphatic carbocycles. The van der Waals surface area contributed by atoms with Gasteiger partial charge in [0, 0.05) is 29.3 Å². The van der Waals surface area contributed by atoms with E-state index in [0.717, 1.165) is 44.0 Å². The second kappa shape index (κ2) is 8.71. The molecule has 0 bridgehead atoms. The molecule has 0 radical (unpaired) electrons. The number of piperidine rings is 1. The first-order chi connectivity index (χ1) is 14.3.